The highest BCUT2D eigenvalue weighted by molar-refractivity contribution is 6.33. The SMILES string of the molecule is COCCNC1CCC(Nc2cc(-c3cncc(NCC4(C)CCOCC4)c3)c(Cl)cn2)CC1. The lowest BCUT2D eigenvalue weighted by atomic mass is 9.82. The Bertz CT molecular complexity index is 914. The van der Waals surface area contributed by atoms with E-state index in [0.717, 1.165) is 94.1 Å². The lowest BCUT2D eigenvalue weighted by Gasteiger charge is -2.33. The van der Waals surface area contributed by atoms with E-state index in [1.807, 2.05) is 18.5 Å². The highest BCUT2D eigenvalue weighted by atomic mass is 35.5. The topological polar surface area (TPSA) is 80.3 Å². The van der Waals surface area contributed by atoms with E-state index in [-0.39, 0.29) is 5.41 Å². The van der Waals surface area contributed by atoms with E-state index in [9.17, 15) is 0 Å². The predicted octanol–water partition coefficient (Wildman–Crippen LogP) is 4.98. The van der Waals surface area contributed by atoms with E-state index in [2.05, 4.69) is 38.9 Å². The molecule has 34 heavy (non-hydrogen) atoms. The number of hydrogen-bond donors (Lipinski definition) is 3. The van der Waals surface area contributed by atoms with Gasteiger partial charge in [-0.2, -0.15) is 0 Å². The maximum atomic E-state index is 6.56. The zero-order chi connectivity index (χ0) is 23.8. The first-order chi connectivity index (χ1) is 16.5. The van der Waals surface area contributed by atoms with Gasteiger partial charge in [-0.1, -0.05) is 18.5 Å². The number of pyridine rings is 2. The first kappa shape index (κ1) is 25.2. The second kappa shape index (κ2) is 12.2. The van der Waals surface area contributed by atoms with Crippen LogP contribution in [0.4, 0.5) is 11.5 Å². The minimum atomic E-state index is 0.248. The summed E-state index contributed by atoms with van der Waals surface area (Å²) in [6, 6.07) is 5.17. The van der Waals surface area contributed by atoms with Crippen molar-refractivity contribution in [1.82, 2.24) is 15.3 Å². The minimum Gasteiger partial charge on any atom is -0.383 e. The smallest absolute Gasteiger partial charge is 0.126 e. The average Bonchev–Trinajstić information content (AvgIpc) is 2.86. The van der Waals surface area contributed by atoms with Crippen molar-refractivity contribution in [2.24, 2.45) is 5.41 Å². The summed E-state index contributed by atoms with van der Waals surface area (Å²) in [4.78, 5) is 9.01. The molecule has 1 aliphatic carbocycles. The molecule has 3 N–H and O–H groups in total. The van der Waals surface area contributed by atoms with Crippen molar-refractivity contribution < 1.29 is 9.47 Å². The number of ether oxygens (including phenoxy) is 2. The number of hydrogen-bond acceptors (Lipinski definition) is 7. The van der Waals surface area contributed by atoms with Gasteiger partial charge in [0.1, 0.15) is 5.82 Å². The second-order valence-corrected chi connectivity index (χ2v) is 10.3. The largest absolute Gasteiger partial charge is 0.383 e. The molecule has 1 aliphatic heterocycles. The summed E-state index contributed by atoms with van der Waals surface area (Å²) in [5.74, 6) is 0.864. The molecule has 0 bridgehead atoms. The molecule has 1 saturated heterocycles. The third-order valence-corrected chi connectivity index (χ3v) is 7.44. The van der Waals surface area contributed by atoms with E-state index in [0.29, 0.717) is 17.1 Å². The van der Waals surface area contributed by atoms with Gasteiger partial charge in [0.05, 0.1) is 17.3 Å². The van der Waals surface area contributed by atoms with Gasteiger partial charge < -0.3 is 25.4 Å². The van der Waals surface area contributed by atoms with E-state index < -0.39 is 0 Å². The Morgan fingerprint density at radius 1 is 1.09 bits per heavy atom. The monoisotopic (exact) mass is 487 g/mol. The van der Waals surface area contributed by atoms with Gasteiger partial charge in [-0.15, -0.1) is 0 Å². The number of methoxy groups -OCH3 is 1. The summed E-state index contributed by atoms with van der Waals surface area (Å²) in [6.45, 7) is 6.57. The summed E-state index contributed by atoms with van der Waals surface area (Å²) in [6.07, 6.45) is 12.2. The van der Waals surface area contributed by atoms with Crippen LogP contribution < -0.4 is 16.0 Å². The molecule has 0 radical (unpaired) electrons. The fraction of sp³-hybridized carbons (Fsp3) is 0.615. The number of nitrogens with one attached hydrogen (secondary N) is 3. The summed E-state index contributed by atoms with van der Waals surface area (Å²) < 4.78 is 10.7. The van der Waals surface area contributed by atoms with Gasteiger partial charge in [-0.25, -0.2) is 4.98 Å². The Morgan fingerprint density at radius 3 is 2.62 bits per heavy atom. The van der Waals surface area contributed by atoms with Gasteiger partial charge in [0.15, 0.2) is 0 Å². The van der Waals surface area contributed by atoms with E-state index >= 15 is 0 Å². The van der Waals surface area contributed by atoms with E-state index in [1.165, 1.54) is 0 Å². The van der Waals surface area contributed by atoms with Gasteiger partial charge in [-0.3, -0.25) is 4.98 Å². The van der Waals surface area contributed by atoms with Crippen LogP contribution in [0.15, 0.2) is 30.7 Å². The highest BCUT2D eigenvalue weighted by Crippen LogP contribution is 2.33. The van der Waals surface area contributed by atoms with Crippen LogP contribution in [0.5, 0.6) is 0 Å². The summed E-state index contributed by atoms with van der Waals surface area (Å²) >= 11 is 6.56. The highest BCUT2D eigenvalue weighted by Gasteiger charge is 2.27. The molecule has 2 aromatic heterocycles. The number of anilines is 2. The Labute approximate surface area is 208 Å². The van der Waals surface area contributed by atoms with Crippen LogP contribution in [0, 0.1) is 5.41 Å². The normalized spacial score (nSPS) is 22.3. The fourth-order valence-corrected chi connectivity index (χ4v) is 5.01. The Morgan fingerprint density at radius 2 is 1.85 bits per heavy atom. The van der Waals surface area contributed by atoms with Crippen molar-refractivity contribution in [3.05, 3.63) is 35.7 Å². The van der Waals surface area contributed by atoms with Crippen LogP contribution in [-0.2, 0) is 9.47 Å². The van der Waals surface area contributed by atoms with Gasteiger partial charge >= 0.3 is 0 Å². The molecular formula is C26H38ClN5O2. The molecule has 0 unspecified atom stereocenters. The molecule has 0 atom stereocenters. The van der Waals surface area contributed by atoms with E-state index in [1.54, 1.807) is 13.3 Å². The first-order valence-electron chi connectivity index (χ1n) is 12.5. The predicted molar refractivity (Wildman–Crippen MR) is 139 cm³/mol. The number of nitrogens with zero attached hydrogens (tertiary/aromatic N) is 2. The number of rotatable bonds is 10. The summed E-state index contributed by atoms with van der Waals surface area (Å²) in [7, 11) is 1.74. The quantitative estimate of drug-likeness (QED) is 0.407. The van der Waals surface area contributed by atoms with Crippen molar-refractivity contribution in [1.29, 1.82) is 0 Å². The maximum Gasteiger partial charge on any atom is 0.126 e. The van der Waals surface area contributed by atoms with E-state index in [4.69, 9.17) is 21.1 Å². The van der Waals surface area contributed by atoms with Crippen molar-refractivity contribution in [3.8, 4) is 11.1 Å². The van der Waals surface area contributed by atoms with Crippen LogP contribution in [-0.4, -0.2) is 62.1 Å². The third-order valence-electron chi connectivity index (χ3n) is 7.14. The zero-order valence-electron chi connectivity index (χ0n) is 20.4. The molecule has 0 spiro atoms. The van der Waals surface area contributed by atoms with Gasteiger partial charge in [0.25, 0.3) is 0 Å². The molecular weight excluding hydrogens is 450 g/mol. The van der Waals surface area contributed by atoms with Crippen molar-refractivity contribution in [2.75, 3.05) is 50.7 Å². The van der Waals surface area contributed by atoms with Gasteiger partial charge in [-0.05, 0) is 56.1 Å². The summed E-state index contributed by atoms with van der Waals surface area (Å²) in [5, 5.41) is 11.4. The Balaban J connectivity index is 1.36. The standard InChI is InChI=1S/C26H38ClN5O2/c1-26(7-10-34-11-8-26)18-31-22-13-19(15-28-16-22)23-14-25(30-17-24(23)27)32-21-5-3-20(4-6-21)29-9-12-33-2/h13-17,20-21,29,31H,3-12,18H2,1-2H3,(H,30,32). The molecule has 4 rings (SSSR count). The molecule has 0 aromatic carbocycles. The Kier molecular flexibility index (Phi) is 9.00. The van der Waals surface area contributed by atoms with Crippen molar-refractivity contribution in [3.63, 3.8) is 0 Å². The fourth-order valence-electron chi connectivity index (χ4n) is 4.80. The third kappa shape index (κ3) is 7.04. The van der Waals surface area contributed by atoms with Crippen molar-refractivity contribution in [2.45, 2.75) is 57.5 Å². The molecule has 186 valence electrons. The zero-order valence-corrected chi connectivity index (χ0v) is 21.2. The molecule has 2 fully saturated rings. The van der Waals surface area contributed by atoms with Gasteiger partial charge in [0.2, 0.25) is 0 Å². The first-order valence-corrected chi connectivity index (χ1v) is 12.8. The number of aromatic nitrogens is 2. The van der Waals surface area contributed by atoms with Crippen molar-refractivity contribution >= 4 is 23.1 Å². The van der Waals surface area contributed by atoms with Crippen LogP contribution >= 0.6 is 11.6 Å². The van der Waals surface area contributed by atoms with Crippen LogP contribution in [0.1, 0.15) is 45.4 Å². The lowest BCUT2D eigenvalue weighted by molar-refractivity contribution is 0.0300. The second-order valence-electron chi connectivity index (χ2n) is 9.93. The Hall–Kier alpha value is -1.93. The molecule has 0 amide bonds. The minimum absolute atomic E-state index is 0.248. The molecule has 2 aliphatic rings. The molecule has 3 heterocycles. The van der Waals surface area contributed by atoms with Crippen LogP contribution in [0.2, 0.25) is 5.02 Å². The lowest BCUT2D eigenvalue weighted by Crippen LogP contribution is -2.38. The number of halogens is 1. The summed E-state index contributed by atoms with van der Waals surface area (Å²) in [5.41, 5.74) is 3.19. The maximum absolute atomic E-state index is 6.56. The molecule has 7 nitrogen and oxygen atoms in total. The molecule has 2 aromatic rings. The van der Waals surface area contributed by atoms with Crippen LogP contribution in [0.3, 0.4) is 0 Å². The molecule has 1 saturated carbocycles. The molecule has 8 heteroatoms. The van der Waals surface area contributed by atoms with Gasteiger partial charge in [0, 0.05) is 75.2 Å². The van der Waals surface area contributed by atoms with Crippen LogP contribution in [0.25, 0.3) is 11.1 Å². The average molecular weight is 488 g/mol.